The SMILES string of the molecule is COc1cc(COC(=O)Cc2csc(-c3ccccc3)n2)cc(OC)c1OC. The predicted molar refractivity (Wildman–Crippen MR) is 107 cm³/mol. The average Bonchev–Trinajstić information content (AvgIpc) is 3.20. The molecule has 0 radical (unpaired) electrons. The molecular weight excluding hydrogens is 378 g/mol. The van der Waals surface area contributed by atoms with Crippen molar-refractivity contribution < 1.29 is 23.7 Å². The molecule has 0 aliphatic heterocycles. The van der Waals surface area contributed by atoms with Crippen LogP contribution in [0.15, 0.2) is 47.8 Å². The van der Waals surface area contributed by atoms with Gasteiger partial charge in [-0.15, -0.1) is 11.3 Å². The lowest BCUT2D eigenvalue weighted by Crippen LogP contribution is -2.08. The van der Waals surface area contributed by atoms with Crippen LogP contribution in [0.1, 0.15) is 11.3 Å². The van der Waals surface area contributed by atoms with Crippen molar-refractivity contribution in [3.05, 3.63) is 59.1 Å². The molecule has 0 saturated heterocycles. The third kappa shape index (κ3) is 4.61. The smallest absolute Gasteiger partial charge is 0.312 e. The normalized spacial score (nSPS) is 10.4. The molecule has 2 aromatic carbocycles. The number of nitrogens with zero attached hydrogens (tertiary/aromatic N) is 1. The van der Waals surface area contributed by atoms with Gasteiger partial charge in [-0.05, 0) is 17.7 Å². The third-order valence-corrected chi connectivity index (χ3v) is 4.96. The first-order valence-corrected chi connectivity index (χ1v) is 9.47. The summed E-state index contributed by atoms with van der Waals surface area (Å²) in [7, 11) is 4.62. The van der Waals surface area contributed by atoms with E-state index >= 15 is 0 Å². The summed E-state index contributed by atoms with van der Waals surface area (Å²) in [5.74, 6) is 1.18. The van der Waals surface area contributed by atoms with Crippen LogP contribution in [0.2, 0.25) is 0 Å². The molecule has 0 saturated carbocycles. The van der Waals surface area contributed by atoms with E-state index in [-0.39, 0.29) is 19.0 Å². The van der Waals surface area contributed by atoms with Crippen LogP contribution in [0.3, 0.4) is 0 Å². The van der Waals surface area contributed by atoms with Gasteiger partial charge < -0.3 is 18.9 Å². The van der Waals surface area contributed by atoms with Crippen LogP contribution in [0.5, 0.6) is 17.2 Å². The molecule has 0 atom stereocenters. The molecule has 1 heterocycles. The van der Waals surface area contributed by atoms with E-state index in [2.05, 4.69) is 4.98 Å². The lowest BCUT2D eigenvalue weighted by atomic mass is 10.2. The van der Waals surface area contributed by atoms with Gasteiger partial charge in [0.25, 0.3) is 0 Å². The highest BCUT2D eigenvalue weighted by atomic mass is 32.1. The molecule has 1 aromatic heterocycles. The van der Waals surface area contributed by atoms with Gasteiger partial charge in [-0.2, -0.15) is 0 Å². The average molecular weight is 399 g/mol. The summed E-state index contributed by atoms with van der Waals surface area (Å²) >= 11 is 1.51. The van der Waals surface area contributed by atoms with Gasteiger partial charge in [-0.25, -0.2) is 4.98 Å². The Morgan fingerprint density at radius 1 is 1.00 bits per heavy atom. The molecule has 0 unspecified atom stereocenters. The van der Waals surface area contributed by atoms with Crippen molar-refractivity contribution in [1.29, 1.82) is 0 Å². The molecule has 28 heavy (non-hydrogen) atoms. The summed E-state index contributed by atoms with van der Waals surface area (Å²) in [6, 6.07) is 13.4. The van der Waals surface area contributed by atoms with Crippen molar-refractivity contribution in [2.45, 2.75) is 13.0 Å². The fourth-order valence-corrected chi connectivity index (χ4v) is 3.51. The first kappa shape index (κ1) is 19.7. The molecule has 7 heteroatoms. The number of hydrogen-bond acceptors (Lipinski definition) is 7. The van der Waals surface area contributed by atoms with E-state index in [1.807, 2.05) is 35.7 Å². The highest BCUT2D eigenvalue weighted by molar-refractivity contribution is 7.13. The van der Waals surface area contributed by atoms with Gasteiger partial charge >= 0.3 is 5.97 Å². The Kier molecular flexibility index (Phi) is 6.49. The zero-order valence-electron chi connectivity index (χ0n) is 15.9. The number of carbonyl (C=O) groups is 1. The second kappa shape index (κ2) is 9.23. The van der Waals surface area contributed by atoms with Gasteiger partial charge in [0.15, 0.2) is 11.5 Å². The van der Waals surface area contributed by atoms with Crippen LogP contribution >= 0.6 is 11.3 Å². The largest absolute Gasteiger partial charge is 0.493 e. The Hall–Kier alpha value is -3.06. The number of thiazole rings is 1. The predicted octanol–water partition coefficient (Wildman–Crippen LogP) is 4.12. The molecule has 3 aromatic rings. The van der Waals surface area contributed by atoms with Crippen molar-refractivity contribution in [2.24, 2.45) is 0 Å². The first-order valence-electron chi connectivity index (χ1n) is 8.59. The Bertz CT molecular complexity index is 914. The van der Waals surface area contributed by atoms with Crippen LogP contribution < -0.4 is 14.2 Å². The molecule has 146 valence electrons. The van der Waals surface area contributed by atoms with E-state index in [4.69, 9.17) is 18.9 Å². The van der Waals surface area contributed by atoms with E-state index < -0.39 is 0 Å². The number of methoxy groups -OCH3 is 3. The van der Waals surface area contributed by atoms with Gasteiger partial charge in [0.1, 0.15) is 11.6 Å². The molecule has 3 rings (SSSR count). The number of hydrogen-bond donors (Lipinski definition) is 0. The summed E-state index contributed by atoms with van der Waals surface area (Å²) in [6.07, 6.45) is 0.119. The maximum atomic E-state index is 12.2. The first-order chi connectivity index (χ1) is 13.6. The summed E-state index contributed by atoms with van der Waals surface area (Å²) in [4.78, 5) is 16.7. The Morgan fingerprint density at radius 2 is 1.68 bits per heavy atom. The minimum absolute atomic E-state index is 0.102. The molecule has 0 N–H and O–H groups in total. The number of ether oxygens (including phenoxy) is 4. The highest BCUT2D eigenvalue weighted by Gasteiger charge is 2.15. The molecule has 0 aliphatic carbocycles. The number of aromatic nitrogens is 1. The van der Waals surface area contributed by atoms with E-state index in [0.717, 1.165) is 16.1 Å². The van der Waals surface area contributed by atoms with Crippen molar-refractivity contribution in [3.63, 3.8) is 0 Å². The molecule has 0 spiro atoms. The topological polar surface area (TPSA) is 66.9 Å². The zero-order chi connectivity index (χ0) is 19.9. The van der Waals surface area contributed by atoms with Gasteiger partial charge in [0, 0.05) is 10.9 Å². The third-order valence-electron chi connectivity index (χ3n) is 4.02. The van der Waals surface area contributed by atoms with E-state index in [9.17, 15) is 4.79 Å². The number of benzene rings is 2. The van der Waals surface area contributed by atoms with Crippen LogP contribution in [-0.2, 0) is 22.6 Å². The number of carbonyl (C=O) groups excluding carboxylic acids is 1. The van der Waals surface area contributed by atoms with Crippen molar-refractivity contribution in [1.82, 2.24) is 4.98 Å². The molecular formula is C21H21NO5S. The van der Waals surface area contributed by atoms with E-state index in [0.29, 0.717) is 22.9 Å². The quantitative estimate of drug-likeness (QED) is 0.531. The van der Waals surface area contributed by atoms with Crippen LogP contribution in [0, 0.1) is 0 Å². The fraction of sp³-hybridized carbons (Fsp3) is 0.238. The summed E-state index contributed by atoms with van der Waals surface area (Å²) in [5.41, 5.74) is 2.47. The van der Waals surface area contributed by atoms with Gasteiger partial charge in [-0.1, -0.05) is 30.3 Å². The Morgan fingerprint density at radius 3 is 2.29 bits per heavy atom. The maximum Gasteiger partial charge on any atom is 0.312 e. The molecule has 0 fully saturated rings. The minimum Gasteiger partial charge on any atom is -0.493 e. The highest BCUT2D eigenvalue weighted by Crippen LogP contribution is 2.38. The van der Waals surface area contributed by atoms with Crippen molar-refractivity contribution >= 4 is 17.3 Å². The van der Waals surface area contributed by atoms with Gasteiger partial charge in [0.05, 0.1) is 33.4 Å². The van der Waals surface area contributed by atoms with E-state index in [1.165, 1.54) is 18.4 Å². The maximum absolute atomic E-state index is 12.2. The molecule has 0 aliphatic rings. The zero-order valence-corrected chi connectivity index (χ0v) is 16.7. The minimum atomic E-state index is -0.348. The Balaban J connectivity index is 1.63. The summed E-state index contributed by atoms with van der Waals surface area (Å²) in [5, 5.41) is 2.76. The standard InChI is InChI=1S/C21H21NO5S/c1-24-17-9-14(10-18(25-2)20(17)26-3)12-27-19(23)11-16-13-28-21(22-16)15-7-5-4-6-8-15/h4-10,13H,11-12H2,1-3H3. The van der Waals surface area contributed by atoms with Gasteiger partial charge in [-0.3, -0.25) is 4.79 Å². The van der Waals surface area contributed by atoms with Crippen LogP contribution in [-0.4, -0.2) is 32.3 Å². The molecule has 6 nitrogen and oxygen atoms in total. The summed E-state index contributed by atoms with van der Waals surface area (Å²) < 4.78 is 21.3. The van der Waals surface area contributed by atoms with Gasteiger partial charge in [0.2, 0.25) is 5.75 Å². The fourth-order valence-electron chi connectivity index (χ4n) is 2.68. The lowest BCUT2D eigenvalue weighted by molar-refractivity contribution is -0.144. The Labute approximate surface area is 167 Å². The lowest BCUT2D eigenvalue weighted by Gasteiger charge is -2.14. The number of rotatable bonds is 8. The summed E-state index contributed by atoms with van der Waals surface area (Å²) in [6.45, 7) is 0.102. The molecule has 0 amide bonds. The second-order valence-electron chi connectivity index (χ2n) is 5.88. The van der Waals surface area contributed by atoms with Crippen molar-refractivity contribution in [2.75, 3.05) is 21.3 Å². The molecule has 0 bridgehead atoms. The monoisotopic (exact) mass is 399 g/mol. The van der Waals surface area contributed by atoms with E-state index in [1.54, 1.807) is 26.4 Å². The van der Waals surface area contributed by atoms with Crippen LogP contribution in [0.4, 0.5) is 0 Å². The number of esters is 1. The second-order valence-corrected chi connectivity index (χ2v) is 6.74. The van der Waals surface area contributed by atoms with Crippen molar-refractivity contribution in [3.8, 4) is 27.8 Å². The van der Waals surface area contributed by atoms with Crippen LogP contribution in [0.25, 0.3) is 10.6 Å².